The van der Waals surface area contributed by atoms with Crippen LogP contribution in [0.4, 0.5) is 0 Å². The first kappa shape index (κ1) is 15.0. The van der Waals surface area contributed by atoms with Gasteiger partial charge in [0.1, 0.15) is 0 Å². The Kier molecular flexibility index (Phi) is 5.55. The molecule has 4 nitrogen and oxygen atoms in total. The largest absolute Gasteiger partial charge is 0.481 e. The third-order valence-electron chi connectivity index (χ3n) is 2.97. The van der Waals surface area contributed by atoms with Crippen molar-refractivity contribution in [1.29, 1.82) is 0 Å². The van der Waals surface area contributed by atoms with Gasteiger partial charge in [-0.05, 0) is 30.4 Å². The van der Waals surface area contributed by atoms with Crippen LogP contribution in [0.2, 0.25) is 0 Å². The lowest BCUT2D eigenvalue weighted by Crippen LogP contribution is -2.23. The number of carboxylic acids is 1. The smallest absolute Gasteiger partial charge is 0.303 e. The molecule has 0 aromatic carbocycles. The summed E-state index contributed by atoms with van der Waals surface area (Å²) in [5.41, 5.74) is 0. The summed E-state index contributed by atoms with van der Waals surface area (Å²) in [6.07, 6.45) is 3.69. The molecule has 0 radical (unpaired) electrons. The number of carboxylic acid groups (broad SMARTS) is 1. The minimum Gasteiger partial charge on any atom is -0.481 e. The maximum atomic E-state index is 11.9. The molecule has 20 heavy (non-hydrogen) atoms. The molecular weight excluding hydrogens is 294 g/mol. The molecule has 0 bridgehead atoms. The first-order valence-corrected chi connectivity index (χ1v) is 8.33. The van der Waals surface area contributed by atoms with Crippen LogP contribution in [-0.4, -0.2) is 23.5 Å². The molecule has 0 saturated carbocycles. The molecule has 6 heteroatoms. The summed E-state index contributed by atoms with van der Waals surface area (Å²) >= 11 is 3.17. The van der Waals surface area contributed by atoms with E-state index in [1.54, 1.807) is 11.3 Å². The Balaban J connectivity index is 1.63. The molecule has 1 amide bonds. The van der Waals surface area contributed by atoms with E-state index in [0.717, 1.165) is 33.5 Å². The Labute approximate surface area is 125 Å². The fraction of sp³-hybridized carbons (Fsp3) is 0.429. The van der Waals surface area contributed by atoms with E-state index in [4.69, 9.17) is 5.11 Å². The number of carbonyl (C=O) groups is 2. The monoisotopic (exact) mass is 311 g/mol. The average Bonchev–Trinajstić information content (AvgIpc) is 2.97. The number of hydrogen-bond donors (Lipinski definition) is 2. The number of carbonyl (C=O) groups excluding carboxylic acids is 1. The summed E-state index contributed by atoms with van der Waals surface area (Å²) in [4.78, 5) is 23.0. The summed E-state index contributed by atoms with van der Waals surface area (Å²) in [7, 11) is 0. The van der Waals surface area contributed by atoms with Crippen molar-refractivity contribution in [2.24, 2.45) is 0 Å². The topological polar surface area (TPSA) is 66.4 Å². The highest BCUT2D eigenvalue weighted by Crippen LogP contribution is 2.29. The number of unbranched alkanes of at least 4 members (excludes halogenated alkanes) is 3. The molecule has 0 aliphatic rings. The second-order valence-electron chi connectivity index (χ2n) is 4.57. The first-order chi connectivity index (χ1) is 9.66. The van der Waals surface area contributed by atoms with Crippen LogP contribution < -0.4 is 5.32 Å². The average molecular weight is 311 g/mol. The molecule has 0 fully saturated rings. The van der Waals surface area contributed by atoms with Crippen LogP contribution >= 0.6 is 22.7 Å². The predicted molar refractivity (Wildman–Crippen MR) is 82.8 cm³/mol. The van der Waals surface area contributed by atoms with Crippen molar-refractivity contribution in [2.75, 3.05) is 6.54 Å². The quantitative estimate of drug-likeness (QED) is 0.730. The molecule has 2 aromatic heterocycles. The number of hydrogen-bond acceptors (Lipinski definition) is 4. The van der Waals surface area contributed by atoms with Gasteiger partial charge in [0, 0.05) is 22.4 Å². The zero-order valence-electron chi connectivity index (χ0n) is 11.1. The highest BCUT2D eigenvalue weighted by Gasteiger charge is 2.10. The third kappa shape index (κ3) is 4.31. The molecule has 2 aromatic rings. The Hall–Kier alpha value is -1.40. The van der Waals surface area contributed by atoms with Gasteiger partial charge in [-0.3, -0.25) is 9.59 Å². The van der Waals surface area contributed by atoms with Gasteiger partial charge in [-0.1, -0.05) is 12.8 Å². The van der Waals surface area contributed by atoms with Gasteiger partial charge in [0.2, 0.25) is 0 Å². The number of rotatable bonds is 8. The van der Waals surface area contributed by atoms with Gasteiger partial charge in [0.25, 0.3) is 5.91 Å². The van der Waals surface area contributed by atoms with Crippen LogP contribution in [0.1, 0.15) is 41.8 Å². The maximum Gasteiger partial charge on any atom is 0.303 e. The Bertz CT molecular complexity index is 560. The molecule has 0 aliphatic heterocycles. The molecule has 0 unspecified atom stereocenters. The van der Waals surface area contributed by atoms with E-state index >= 15 is 0 Å². The number of amides is 1. The van der Waals surface area contributed by atoms with Crippen LogP contribution in [0.15, 0.2) is 17.5 Å². The van der Waals surface area contributed by atoms with Gasteiger partial charge in [0.15, 0.2) is 0 Å². The van der Waals surface area contributed by atoms with Crippen LogP contribution in [0.3, 0.4) is 0 Å². The summed E-state index contributed by atoms with van der Waals surface area (Å²) in [6, 6.07) is 3.97. The highest BCUT2D eigenvalue weighted by molar-refractivity contribution is 7.27. The van der Waals surface area contributed by atoms with Crippen LogP contribution in [-0.2, 0) is 4.79 Å². The minimum absolute atomic E-state index is 0.0102. The van der Waals surface area contributed by atoms with Gasteiger partial charge in [-0.15, -0.1) is 22.7 Å². The van der Waals surface area contributed by atoms with Gasteiger partial charge in [0.05, 0.1) is 4.88 Å². The first-order valence-electron chi connectivity index (χ1n) is 6.64. The Morgan fingerprint density at radius 1 is 1.15 bits per heavy atom. The number of nitrogens with one attached hydrogen (secondary N) is 1. The van der Waals surface area contributed by atoms with E-state index in [2.05, 4.69) is 5.32 Å². The van der Waals surface area contributed by atoms with E-state index in [0.29, 0.717) is 13.0 Å². The van der Waals surface area contributed by atoms with E-state index in [9.17, 15) is 9.59 Å². The minimum atomic E-state index is -0.740. The lowest BCUT2D eigenvalue weighted by atomic mass is 10.1. The number of thiophene rings is 2. The fourth-order valence-corrected chi connectivity index (χ4v) is 3.95. The van der Waals surface area contributed by atoms with Crippen molar-refractivity contribution >= 4 is 43.9 Å². The fourth-order valence-electron chi connectivity index (χ4n) is 1.92. The maximum absolute atomic E-state index is 11.9. The molecule has 2 rings (SSSR count). The second-order valence-corrected chi connectivity index (χ2v) is 6.61. The standard InChI is InChI=1S/C14H17NO3S2/c16-13(17)5-3-1-2-4-7-15-14(18)12-9-11-10(20-12)6-8-19-11/h6,8-9H,1-5,7H2,(H,15,18)(H,16,17). The zero-order valence-corrected chi connectivity index (χ0v) is 12.7. The van der Waals surface area contributed by atoms with Crippen molar-refractivity contribution in [1.82, 2.24) is 5.32 Å². The van der Waals surface area contributed by atoms with Gasteiger partial charge in [-0.2, -0.15) is 0 Å². The van der Waals surface area contributed by atoms with Crippen molar-refractivity contribution in [3.8, 4) is 0 Å². The SMILES string of the molecule is O=C(O)CCCCCCNC(=O)c1cc2sccc2s1. The Morgan fingerprint density at radius 3 is 2.70 bits per heavy atom. The predicted octanol–water partition coefficient (Wildman–Crippen LogP) is 3.73. The molecular formula is C14H17NO3S2. The summed E-state index contributed by atoms with van der Waals surface area (Å²) in [5.74, 6) is -0.750. The lowest BCUT2D eigenvalue weighted by Gasteiger charge is -2.03. The highest BCUT2D eigenvalue weighted by atomic mass is 32.1. The summed E-state index contributed by atoms with van der Waals surface area (Å²) < 4.78 is 2.32. The summed E-state index contributed by atoms with van der Waals surface area (Å²) in [5, 5.41) is 13.4. The Morgan fingerprint density at radius 2 is 1.95 bits per heavy atom. The molecule has 0 saturated heterocycles. The van der Waals surface area contributed by atoms with E-state index in [1.807, 2.05) is 17.5 Å². The summed E-state index contributed by atoms with van der Waals surface area (Å²) in [6.45, 7) is 0.650. The van der Waals surface area contributed by atoms with E-state index < -0.39 is 5.97 Å². The molecule has 108 valence electrons. The van der Waals surface area contributed by atoms with E-state index in [1.165, 1.54) is 11.3 Å². The van der Waals surface area contributed by atoms with Crippen LogP contribution in [0.25, 0.3) is 9.40 Å². The third-order valence-corrected chi connectivity index (χ3v) is 5.06. The number of fused-ring (bicyclic) bond motifs is 1. The molecule has 0 spiro atoms. The van der Waals surface area contributed by atoms with Crippen molar-refractivity contribution in [3.05, 3.63) is 22.4 Å². The molecule has 0 aliphatic carbocycles. The van der Waals surface area contributed by atoms with Crippen LogP contribution in [0, 0.1) is 0 Å². The van der Waals surface area contributed by atoms with Gasteiger partial charge >= 0.3 is 5.97 Å². The van der Waals surface area contributed by atoms with Gasteiger partial charge < -0.3 is 10.4 Å². The normalized spacial score (nSPS) is 10.8. The second kappa shape index (κ2) is 7.40. The van der Waals surface area contributed by atoms with Crippen molar-refractivity contribution in [2.45, 2.75) is 32.1 Å². The molecule has 2 heterocycles. The van der Waals surface area contributed by atoms with E-state index in [-0.39, 0.29) is 12.3 Å². The van der Waals surface area contributed by atoms with Crippen LogP contribution in [0.5, 0.6) is 0 Å². The van der Waals surface area contributed by atoms with Gasteiger partial charge in [-0.25, -0.2) is 0 Å². The van der Waals surface area contributed by atoms with Crippen molar-refractivity contribution in [3.63, 3.8) is 0 Å². The number of aliphatic carboxylic acids is 1. The molecule has 2 N–H and O–H groups in total. The molecule has 0 atom stereocenters. The van der Waals surface area contributed by atoms with Crippen molar-refractivity contribution < 1.29 is 14.7 Å². The zero-order chi connectivity index (χ0) is 14.4. The lowest BCUT2D eigenvalue weighted by molar-refractivity contribution is -0.137.